The Kier molecular flexibility index (Phi) is 4.99. The molecule has 0 atom stereocenters. The number of rotatable bonds is 8. The fourth-order valence-electron chi connectivity index (χ4n) is 2.30. The minimum absolute atomic E-state index is 0.542. The first-order chi connectivity index (χ1) is 11.8. The molecule has 0 aromatic carbocycles. The third kappa shape index (κ3) is 3.50. The predicted octanol–water partition coefficient (Wildman–Crippen LogP) is 1.56. The van der Waals surface area contributed by atoms with Crippen molar-refractivity contribution in [3.05, 3.63) is 25.0 Å². The second-order valence-corrected chi connectivity index (χ2v) is 5.08. The van der Waals surface area contributed by atoms with Gasteiger partial charge in [-0.3, -0.25) is 0 Å². The summed E-state index contributed by atoms with van der Waals surface area (Å²) >= 11 is 0. The van der Waals surface area contributed by atoms with Crippen molar-refractivity contribution in [2.24, 2.45) is 0 Å². The summed E-state index contributed by atoms with van der Waals surface area (Å²) in [7, 11) is 1.58. The summed E-state index contributed by atoms with van der Waals surface area (Å²) < 4.78 is 7.06. The maximum Gasteiger partial charge on any atom is 0.218 e. The number of nitrogens with zero attached hydrogens (tertiary/aromatic N) is 6. The maximum atomic E-state index is 5.07. The number of imidazole rings is 1. The van der Waals surface area contributed by atoms with Crippen molar-refractivity contribution in [1.82, 2.24) is 29.5 Å². The molecule has 0 aliphatic carbocycles. The van der Waals surface area contributed by atoms with Crippen LogP contribution in [0.3, 0.4) is 0 Å². The van der Waals surface area contributed by atoms with E-state index in [2.05, 4.69) is 42.5 Å². The van der Waals surface area contributed by atoms with Gasteiger partial charge in [-0.15, -0.1) is 0 Å². The highest BCUT2D eigenvalue weighted by atomic mass is 16.5. The molecule has 9 heteroatoms. The van der Waals surface area contributed by atoms with Gasteiger partial charge in [0, 0.05) is 25.7 Å². The van der Waals surface area contributed by atoms with Gasteiger partial charge in [0.15, 0.2) is 11.5 Å². The summed E-state index contributed by atoms with van der Waals surface area (Å²) in [6.45, 7) is 4.43. The van der Waals surface area contributed by atoms with E-state index in [4.69, 9.17) is 4.74 Å². The standard InChI is InChI=1S/C15H20N8O/c1-3-23-10-22-13-14(20-9-21-15(13)23)17-6-4-5-16-11-7-12(24-2)19-8-18-11/h7-10H,3-6H2,1-2H3,(H,16,18,19)(H,17,20,21). The lowest BCUT2D eigenvalue weighted by Gasteiger charge is -2.08. The molecule has 0 spiro atoms. The Morgan fingerprint density at radius 2 is 1.88 bits per heavy atom. The second-order valence-electron chi connectivity index (χ2n) is 5.08. The van der Waals surface area contributed by atoms with Crippen LogP contribution in [0.5, 0.6) is 5.88 Å². The molecule has 2 N–H and O–H groups in total. The van der Waals surface area contributed by atoms with E-state index in [1.54, 1.807) is 25.8 Å². The van der Waals surface area contributed by atoms with Crippen molar-refractivity contribution in [3.8, 4) is 5.88 Å². The lowest BCUT2D eigenvalue weighted by atomic mass is 10.4. The van der Waals surface area contributed by atoms with E-state index in [0.717, 1.165) is 48.9 Å². The van der Waals surface area contributed by atoms with Gasteiger partial charge in [-0.2, -0.15) is 0 Å². The van der Waals surface area contributed by atoms with Crippen LogP contribution >= 0.6 is 0 Å². The molecule has 0 radical (unpaired) electrons. The van der Waals surface area contributed by atoms with Crippen LogP contribution in [0.2, 0.25) is 0 Å². The van der Waals surface area contributed by atoms with Crippen LogP contribution in [0.4, 0.5) is 11.6 Å². The van der Waals surface area contributed by atoms with Gasteiger partial charge in [-0.05, 0) is 13.3 Å². The van der Waals surface area contributed by atoms with Crippen LogP contribution in [-0.4, -0.2) is 49.7 Å². The average molecular weight is 328 g/mol. The van der Waals surface area contributed by atoms with Crippen LogP contribution < -0.4 is 15.4 Å². The summed E-state index contributed by atoms with van der Waals surface area (Å²) in [6.07, 6.45) is 5.71. The molecular weight excluding hydrogens is 308 g/mol. The summed E-state index contributed by atoms with van der Waals surface area (Å²) in [4.78, 5) is 21.1. The second kappa shape index (κ2) is 7.53. The molecule has 3 rings (SSSR count). The molecule has 0 saturated heterocycles. The van der Waals surface area contributed by atoms with E-state index in [0.29, 0.717) is 5.88 Å². The highest BCUT2D eigenvalue weighted by Crippen LogP contribution is 2.17. The molecular formula is C15H20N8O. The molecule has 0 aliphatic rings. The molecule has 0 aliphatic heterocycles. The molecule has 126 valence electrons. The van der Waals surface area contributed by atoms with Crippen LogP contribution in [0, 0.1) is 0 Å². The normalized spacial score (nSPS) is 10.8. The number of hydrogen-bond donors (Lipinski definition) is 2. The largest absolute Gasteiger partial charge is 0.481 e. The van der Waals surface area contributed by atoms with Crippen molar-refractivity contribution in [1.29, 1.82) is 0 Å². The zero-order chi connectivity index (χ0) is 16.8. The number of hydrogen-bond acceptors (Lipinski definition) is 8. The van der Waals surface area contributed by atoms with E-state index < -0.39 is 0 Å². The first-order valence-corrected chi connectivity index (χ1v) is 7.81. The van der Waals surface area contributed by atoms with E-state index in [9.17, 15) is 0 Å². The Morgan fingerprint density at radius 3 is 2.71 bits per heavy atom. The molecule has 0 amide bonds. The fraction of sp³-hybridized carbons (Fsp3) is 0.400. The molecule has 0 unspecified atom stereocenters. The number of aromatic nitrogens is 6. The zero-order valence-electron chi connectivity index (χ0n) is 13.7. The van der Waals surface area contributed by atoms with Gasteiger partial charge < -0.3 is 19.9 Å². The van der Waals surface area contributed by atoms with E-state index in [-0.39, 0.29) is 0 Å². The van der Waals surface area contributed by atoms with Gasteiger partial charge in [0.2, 0.25) is 5.88 Å². The quantitative estimate of drug-likeness (QED) is 0.601. The lowest BCUT2D eigenvalue weighted by molar-refractivity contribution is 0.397. The summed E-state index contributed by atoms with van der Waals surface area (Å²) in [5.74, 6) is 2.05. The lowest BCUT2D eigenvalue weighted by Crippen LogP contribution is -2.11. The number of aryl methyl sites for hydroxylation is 1. The molecule has 3 aromatic rings. The van der Waals surface area contributed by atoms with E-state index in [1.807, 2.05) is 4.57 Å². The summed E-state index contributed by atoms with van der Waals surface area (Å²) in [5.41, 5.74) is 1.65. The number of fused-ring (bicyclic) bond motifs is 1. The van der Waals surface area contributed by atoms with Crippen molar-refractivity contribution < 1.29 is 4.74 Å². The minimum Gasteiger partial charge on any atom is -0.481 e. The highest BCUT2D eigenvalue weighted by Gasteiger charge is 2.08. The van der Waals surface area contributed by atoms with Gasteiger partial charge in [0.25, 0.3) is 0 Å². The first-order valence-electron chi connectivity index (χ1n) is 7.81. The Balaban J connectivity index is 1.51. The van der Waals surface area contributed by atoms with Gasteiger partial charge >= 0.3 is 0 Å². The minimum atomic E-state index is 0.542. The van der Waals surface area contributed by atoms with Crippen molar-refractivity contribution in [2.45, 2.75) is 19.9 Å². The Morgan fingerprint density at radius 1 is 1.04 bits per heavy atom. The number of ether oxygens (including phenoxy) is 1. The first kappa shape index (κ1) is 15.9. The summed E-state index contributed by atoms with van der Waals surface area (Å²) in [6, 6.07) is 1.76. The van der Waals surface area contributed by atoms with Crippen LogP contribution in [0.1, 0.15) is 13.3 Å². The van der Waals surface area contributed by atoms with Gasteiger partial charge in [-0.25, -0.2) is 24.9 Å². The number of nitrogens with one attached hydrogen (secondary N) is 2. The van der Waals surface area contributed by atoms with Crippen LogP contribution in [0.25, 0.3) is 11.2 Å². The van der Waals surface area contributed by atoms with Crippen molar-refractivity contribution >= 4 is 22.8 Å². The monoisotopic (exact) mass is 328 g/mol. The molecule has 9 nitrogen and oxygen atoms in total. The molecule has 3 heterocycles. The van der Waals surface area contributed by atoms with Crippen LogP contribution in [-0.2, 0) is 6.54 Å². The Hall–Kier alpha value is -2.97. The Labute approximate surface area is 139 Å². The number of anilines is 2. The highest BCUT2D eigenvalue weighted by molar-refractivity contribution is 5.82. The predicted molar refractivity (Wildman–Crippen MR) is 91.2 cm³/mol. The van der Waals surface area contributed by atoms with E-state index >= 15 is 0 Å². The third-order valence-corrected chi connectivity index (χ3v) is 3.55. The Bertz CT molecular complexity index is 803. The summed E-state index contributed by atoms with van der Waals surface area (Å²) in [5, 5.41) is 6.54. The third-order valence-electron chi connectivity index (χ3n) is 3.55. The van der Waals surface area contributed by atoms with Gasteiger partial charge in [0.1, 0.15) is 24.0 Å². The molecule has 0 fully saturated rings. The molecule has 0 saturated carbocycles. The smallest absolute Gasteiger partial charge is 0.218 e. The van der Waals surface area contributed by atoms with Gasteiger partial charge in [-0.1, -0.05) is 0 Å². The topological polar surface area (TPSA) is 103 Å². The number of methoxy groups -OCH3 is 1. The van der Waals surface area contributed by atoms with Crippen molar-refractivity contribution in [2.75, 3.05) is 30.8 Å². The molecule has 24 heavy (non-hydrogen) atoms. The maximum absolute atomic E-state index is 5.07. The van der Waals surface area contributed by atoms with Crippen molar-refractivity contribution in [3.63, 3.8) is 0 Å². The zero-order valence-corrected chi connectivity index (χ0v) is 13.7. The van der Waals surface area contributed by atoms with E-state index in [1.165, 1.54) is 6.33 Å². The molecule has 0 bridgehead atoms. The van der Waals surface area contributed by atoms with Crippen LogP contribution in [0.15, 0.2) is 25.0 Å². The average Bonchev–Trinajstić information content (AvgIpc) is 3.05. The SMILES string of the molecule is CCn1cnc2c(NCCCNc3cc(OC)ncn3)ncnc21. The van der Waals surface area contributed by atoms with Gasteiger partial charge in [0.05, 0.1) is 13.4 Å². The molecule has 3 aromatic heterocycles. The fourth-order valence-corrected chi connectivity index (χ4v) is 2.30.